The highest BCUT2D eigenvalue weighted by molar-refractivity contribution is 8.03. The maximum Gasteiger partial charge on any atom is 0.221 e. The molecule has 0 aromatic carbocycles. The van der Waals surface area contributed by atoms with Gasteiger partial charge in [-0.3, -0.25) is 9.59 Å². The van der Waals surface area contributed by atoms with Crippen LogP contribution in [0.15, 0.2) is 22.8 Å². The molecule has 1 rings (SSSR count). The molecule has 0 aliphatic heterocycles. The number of hydrogen-bond acceptors (Lipinski definition) is 4. The third kappa shape index (κ3) is 1.43. The zero-order valence-electron chi connectivity index (χ0n) is 6.79. The molecule has 0 unspecified atom stereocenters. The summed E-state index contributed by atoms with van der Waals surface area (Å²) in [6.45, 7) is 0. The van der Waals surface area contributed by atoms with Gasteiger partial charge < -0.3 is 4.74 Å². The fourth-order valence-electron chi connectivity index (χ4n) is 0.913. The van der Waals surface area contributed by atoms with Gasteiger partial charge >= 0.3 is 0 Å². The fourth-order valence-corrected chi connectivity index (χ4v) is 1.55. The molecular formula is C8H8O3S. The molecule has 0 spiro atoms. The molecule has 1 aliphatic carbocycles. The van der Waals surface area contributed by atoms with Crippen molar-refractivity contribution in [3.05, 3.63) is 22.8 Å². The first kappa shape index (κ1) is 9.06. The number of ether oxygens (including phenoxy) is 1. The van der Waals surface area contributed by atoms with Crippen LogP contribution in [-0.2, 0) is 14.3 Å². The van der Waals surface area contributed by atoms with E-state index in [9.17, 15) is 9.59 Å². The average Bonchev–Trinajstić information content (AvgIpc) is 2.08. The summed E-state index contributed by atoms with van der Waals surface area (Å²) >= 11 is 1.22. The molecule has 1 aliphatic rings. The van der Waals surface area contributed by atoms with Gasteiger partial charge in [0.15, 0.2) is 11.5 Å². The number of allylic oxidation sites excluding steroid dienone is 3. The summed E-state index contributed by atoms with van der Waals surface area (Å²) in [5.74, 6) is -0.268. The van der Waals surface area contributed by atoms with Crippen molar-refractivity contribution in [3.63, 3.8) is 0 Å². The summed E-state index contributed by atoms with van der Waals surface area (Å²) in [6, 6.07) is 0. The van der Waals surface area contributed by atoms with Crippen LogP contribution in [0, 0.1) is 0 Å². The largest absolute Gasteiger partial charge is 0.491 e. The van der Waals surface area contributed by atoms with E-state index < -0.39 is 0 Å². The summed E-state index contributed by atoms with van der Waals surface area (Å²) in [5.41, 5.74) is 0. The van der Waals surface area contributed by atoms with Crippen molar-refractivity contribution in [2.45, 2.75) is 0 Å². The number of rotatable bonds is 2. The van der Waals surface area contributed by atoms with E-state index >= 15 is 0 Å². The van der Waals surface area contributed by atoms with Crippen molar-refractivity contribution >= 4 is 23.3 Å². The van der Waals surface area contributed by atoms with Gasteiger partial charge in [0.05, 0.1) is 7.11 Å². The Morgan fingerprint density at radius 2 is 1.83 bits per heavy atom. The number of ketones is 2. The second-order valence-electron chi connectivity index (χ2n) is 2.13. The number of hydrogen-bond donors (Lipinski definition) is 0. The maximum absolute atomic E-state index is 11.1. The van der Waals surface area contributed by atoms with Crippen molar-refractivity contribution in [2.75, 3.05) is 13.4 Å². The van der Waals surface area contributed by atoms with Crippen molar-refractivity contribution in [2.24, 2.45) is 0 Å². The summed E-state index contributed by atoms with van der Waals surface area (Å²) < 4.78 is 4.81. The van der Waals surface area contributed by atoms with E-state index in [4.69, 9.17) is 4.74 Å². The molecule has 12 heavy (non-hydrogen) atoms. The second-order valence-corrected chi connectivity index (χ2v) is 2.94. The molecule has 0 fully saturated rings. The van der Waals surface area contributed by atoms with Crippen molar-refractivity contribution < 1.29 is 14.3 Å². The molecule has 0 N–H and O–H groups in total. The summed E-state index contributed by atoms with van der Waals surface area (Å²) in [4.78, 5) is 22.6. The molecule has 64 valence electrons. The second kappa shape index (κ2) is 3.58. The van der Waals surface area contributed by atoms with Crippen LogP contribution in [0.2, 0.25) is 0 Å². The van der Waals surface area contributed by atoms with E-state index in [2.05, 4.69) is 0 Å². The topological polar surface area (TPSA) is 43.4 Å². The van der Waals surface area contributed by atoms with Gasteiger partial charge in [0.2, 0.25) is 5.78 Å². The van der Waals surface area contributed by atoms with Crippen molar-refractivity contribution in [1.29, 1.82) is 0 Å². The number of thioether (sulfide) groups is 1. The minimum Gasteiger partial charge on any atom is -0.491 e. The predicted octanol–water partition coefficient (Wildman–Crippen LogP) is 0.915. The van der Waals surface area contributed by atoms with Gasteiger partial charge in [-0.25, -0.2) is 0 Å². The van der Waals surface area contributed by atoms with E-state index in [1.165, 1.54) is 31.0 Å². The monoisotopic (exact) mass is 184 g/mol. The fraction of sp³-hybridized carbons (Fsp3) is 0.250. The van der Waals surface area contributed by atoms with Crippen LogP contribution in [0.25, 0.3) is 0 Å². The minimum absolute atomic E-state index is 0.148. The maximum atomic E-state index is 11.1. The zero-order chi connectivity index (χ0) is 9.14. The van der Waals surface area contributed by atoms with Crippen molar-refractivity contribution in [3.8, 4) is 0 Å². The van der Waals surface area contributed by atoms with Gasteiger partial charge in [-0.15, -0.1) is 11.8 Å². The molecule has 0 bridgehead atoms. The summed E-state index contributed by atoms with van der Waals surface area (Å²) in [7, 11) is 1.38. The van der Waals surface area contributed by atoms with Crippen LogP contribution < -0.4 is 0 Å². The molecular weight excluding hydrogens is 176 g/mol. The smallest absolute Gasteiger partial charge is 0.221 e. The Kier molecular flexibility index (Phi) is 2.70. The lowest BCUT2D eigenvalue weighted by Gasteiger charge is -2.10. The molecule has 0 radical (unpaired) electrons. The van der Waals surface area contributed by atoms with Crippen LogP contribution >= 0.6 is 11.8 Å². The standard InChI is InChI=1S/C8H8O3S/c1-11-7-5(9)3-4-6(10)8(7)12-2/h3-4H,1-2H3. The van der Waals surface area contributed by atoms with Gasteiger partial charge in [-0.1, -0.05) is 0 Å². The minimum atomic E-state index is -0.249. The van der Waals surface area contributed by atoms with Gasteiger partial charge in [0.25, 0.3) is 0 Å². The predicted molar refractivity (Wildman–Crippen MR) is 46.7 cm³/mol. The Morgan fingerprint density at radius 3 is 2.25 bits per heavy atom. The molecule has 3 nitrogen and oxygen atoms in total. The lowest BCUT2D eigenvalue weighted by atomic mass is 10.1. The number of methoxy groups -OCH3 is 1. The first-order valence-corrected chi connectivity index (χ1v) is 4.52. The highest BCUT2D eigenvalue weighted by atomic mass is 32.2. The Balaban J connectivity index is 3.11. The SMILES string of the molecule is COC1=C(SC)C(=O)C=CC1=O. The van der Waals surface area contributed by atoms with Gasteiger partial charge in [-0.05, 0) is 18.4 Å². The molecule has 0 amide bonds. The van der Waals surface area contributed by atoms with E-state index in [0.29, 0.717) is 4.91 Å². The normalized spacial score (nSPS) is 17.2. The summed E-state index contributed by atoms with van der Waals surface area (Å²) in [6.07, 6.45) is 4.22. The first-order valence-electron chi connectivity index (χ1n) is 3.29. The number of carbonyl (C=O) groups excluding carboxylic acids is 2. The number of carbonyl (C=O) groups is 2. The van der Waals surface area contributed by atoms with Crippen molar-refractivity contribution in [1.82, 2.24) is 0 Å². The molecule has 0 saturated carbocycles. The third-order valence-corrected chi connectivity index (χ3v) is 2.24. The van der Waals surface area contributed by atoms with Crippen LogP contribution in [0.3, 0.4) is 0 Å². The molecule has 0 aromatic rings. The Bertz CT molecular complexity index is 261. The van der Waals surface area contributed by atoms with Gasteiger partial charge in [-0.2, -0.15) is 0 Å². The Hall–Kier alpha value is -1.03. The average molecular weight is 184 g/mol. The molecule has 0 atom stereocenters. The molecule has 0 heterocycles. The molecule has 4 heteroatoms. The van der Waals surface area contributed by atoms with Crippen LogP contribution in [-0.4, -0.2) is 24.9 Å². The lowest BCUT2D eigenvalue weighted by molar-refractivity contribution is -0.117. The van der Waals surface area contributed by atoms with E-state index in [1.807, 2.05) is 0 Å². The molecule has 0 saturated heterocycles. The third-order valence-electron chi connectivity index (χ3n) is 1.45. The summed E-state index contributed by atoms with van der Waals surface area (Å²) in [5, 5.41) is 0. The quantitative estimate of drug-likeness (QED) is 0.598. The zero-order valence-corrected chi connectivity index (χ0v) is 7.60. The highest BCUT2D eigenvalue weighted by Crippen LogP contribution is 2.23. The van der Waals surface area contributed by atoms with Gasteiger partial charge in [0.1, 0.15) is 4.91 Å². The van der Waals surface area contributed by atoms with Gasteiger partial charge in [0, 0.05) is 0 Å². The first-order chi connectivity index (χ1) is 5.70. The Morgan fingerprint density at radius 1 is 1.25 bits per heavy atom. The van der Waals surface area contributed by atoms with E-state index in [1.54, 1.807) is 6.26 Å². The van der Waals surface area contributed by atoms with Crippen LogP contribution in [0.1, 0.15) is 0 Å². The van der Waals surface area contributed by atoms with Crippen LogP contribution in [0.5, 0.6) is 0 Å². The Labute approximate surface area is 74.5 Å². The highest BCUT2D eigenvalue weighted by Gasteiger charge is 2.22. The van der Waals surface area contributed by atoms with E-state index in [0.717, 1.165) is 0 Å². The van der Waals surface area contributed by atoms with Crippen LogP contribution in [0.4, 0.5) is 0 Å². The van der Waals surface area contributed by atoms with E-state index in [-0.39, 0.29) is 17.3 Å². The molecule has 0 aromatic heterocycles. The lowest BCUT2D eigenvalue weighted by Crippen LogP contribution is -2.13.